The summed E-state index contributed by atoms with van der Waals surface area (Å²) in [6, 6.07) is 6.51. The molecule has 0 spiro atoms. The lowest BCUT2D eigenvalue weighted by Crippen LogP contribution is -2.36. The molecule has 2 aliphatic rings. The molecular weight excluding hydrogens is 448 g/mol. The lowest BCUT2D eigenvalue weighted by Gasteiger charge is -2.22. The molecule has 2 aromatic heterocycles. The summed E-state index contributed by atoms with van der Waals surface area (Å²) in [4.78, 5) is 36.3. The number of rotatable bonds is 10. The summed E-state index contributed by atoms with van der Waals surface area (Å²) in [5.41, 5.74) is 2.53. The van der Waals surface area contributed by atoms with Crippen LogP contribution in [0, 0.1) is 0 Å². The van der Waals surface area contributed by atoms with Crippen LogP contribution in [-0.4, -0.2) is 76.2 Å². The summed E-state index contributed by atoms with van der Waals surface area (Å²) < 4.78 is 28.8. The fraction of sp³-hybridized carbons (Fsp3) is 0.478. The van der Waals surface area contributed by atoms with Crippen LogP contribution in [0.2, 0.25) is 0 Å². The second-order valence-electron chi connectivity index (χ2n) is 8.36. The Balaban J connectivity index is 1.30. The number of pyridine rings is 2. The van der Waals surface area contributed by atoms with Crippen molar-refractivity contribution in [1.82, 2.24) is 19.8 Å². The number of urea groups is 1. The molecule has 0 aromatic carbocycles. The zero-order valence-electron chi connectivity index (χ0n) is 18.6. The molecule has 2 N–H and O–H groups in total. The van der Waals surface area contributed by atoms with Crippen molar-refractivity contribution in [2.24, 2.45) is 0 Å². The van der Waals surface area contributed by atoms with Crippen LogP contribution in [0.25, 0.3) is 0 Å². The fourth-order valence-electron chi connectivity index (χ4n) is 4.27. The molecule has 11 heteroatoms. The Morgan fingerprint density at radius 1 is 1.21 bits per heavy atom. The number of nitrogens with zero attached hydrogens (tertiary/aromatic N) is 4. The van der Waals surface area contributed by atoms with Gasteiger partial charge in [0.1, 0.15) is 11.7 Å². The van der Waals surface area contributed by atoms with E-state index in [4.69, 9.17) is 0 Å². The number of amides is 2. The van der Waals surface area contributed by atoms with Crippen LogP contribution in [0.4, 0.5) is 19.4 Å². The van der Waals surface area contributed by atoms with E-state index in [2.05, 4.69) is 26.1 Å². The van der Waals surface area contributed by atoms with Crippen molar-refractivity contribution < 1.29 is 28.2 Å². The van der Waals surface area contributed by atoms with E-state index in [1.165, 1.54) is 28.8 Å². The van der Waals surface area contributed by atoms with Gasteiger partial charge in [0, 0.05) is 50.7 Å². The number of hydrogen-bond acceptors (Lipinski definition) is 6. The van der Waals surface area contributed by atoms with E-state index >= 15 is 0 Å². The molecule has 0 aliphatic carbocycles. The Hall–Kier alpha value is -3.50. The molecule has 9 nitrogen and oxygen atoms in total. The number of carbonyl (C=O) groups excluding carboxylic acids is 1. The standard InChI is InChI=1S/C23H27F2N5O4/c24-22(25)34-19-8-6-16(13-27-19)18(21(31)32)14-30-12-11-29(23(30)33)10-2-4-17-7-5-15-3-1-9-26-20(15)28-17/h5-8,13,18,22H,1-4,9-12,14H2,(H,26,28)(H,31,32). The van der Waals surface area contributed by atoms with Gasteiger partial charge in [-0.05, 0) is 42.9 Å². The van der Waals surface area contributed by atoms with Crippen molar-refractivity contribution in [2.45, 2.75) is 38.2 Å². The molecule has 1 atom stereocenters. The number of carboxylic acid groups (broad SMARTS) is 1. The van der Waals surface area contributed by atoms with E-state index in [1.54, 1.807) is 4.90 Å². The molecule has 2 amide bonds. The highest BCUT2D eigenvalue weighted by Crippen LogP contribution is 2.23. The minimum absolute atomic E-state index is 0.0283. The van der Waals surface area contributed by atoms with Crippen molar-refractivity contribution in [3.05, 3.63) is 47.3 Å². The van der Waals surface area contributed by atoms with Crippen LogP contribution in [0.3, 0.4) is 0 Å². The maximum Gasteiger partial charge on any atom is 0.388 e. The van der Waals surface area contributed by atoms with Gasteiger partial charge in [-0.25, -0.2) is 14.8 Å². The number of carbonyl (C=O) groups is 2. The third kappa shape index (κ3) is 5.70. The average molecular weight is 475 g/mol. The van der Waals surface area contributed by atoms with Crippen molar-refractivity contribution in [1.29, 1.82) is 0 Å². The molecule has 0 radical (unpaired) electrons. The zero-order valence-corrected chi connectivity index (χ0v) is 18.6. The molecule has 34 heavy (non-hydrogen) atoms. The Morgan fingerprint density at radius 2 is 2.03 bits per heavy atom. The highest BCUT2D eigenvalue weighted by Gasteiger charge is 2.32. The van der Waals surface area contributed by atoms with Gasteiger partial charge in [-0.1, -0.05) is 12.1 Å². The molecular formula is C23H27F2N5O4. The average Bonchev–Trinajstić information content (AvgIpc) is 3.16. The number of aryl methyl sites for hydroxylation is 2. The number of halogens is 2. The monoisotopic (exact) mass is 475 g/mol. The molecule has 1 fully saturated rings. The quantitative estimate of drug-likeness (QED) is 0.544. The number of nitrogens with one attached hydrogen (secondary N) is 1. The molecule has 0 bridgehead atoms. The van der Waals surface area contributed by atoms with Crippen molar-refractivity contribution in [3.63, 3.8) is 0 Å². The highest BCUT2D eigenvalue weighted by atomic mass is 19.3. The first-order valence-electron chi connectivity index (χ1n) is 11.3. The Bertz CT molecular complexity index is 1020. The van der Waals surface area contributed by atoms with Crippen LogP contribution in [0.5, 0.6) is 5.88 Å². The van der Waals surface area contributed by atoms with Crippen molar-refractivity contribution in [3.8, 4) is 5.88 Å². The van der Waals surface area contributed by atoms with Gasteiger partial charge in [0.2, 0.25) is 5.88 Å². The highest BCUT2D eigenvalue weighted by molar-refractivity contribution is 5.80. The molecule has 4 heterocycles. The Kier molecular flexibility index (Phi) is 7.39. The number of hydrogen-bond donors (Lipinski definition) is 2. The van der Waals surface area contributed by atoms with Gasteiger partial charge in [0.15, 0.2) is 0 Å². The number of ether oxygens (including phenoxy) is 1. The summed E-state index contributed by atoms with van der Waals surface area (Å²) >= 11 is 0. The van der Waals surface area contributed by atoms with E-state index in [0.29, 0.717) is 25.2 Å². The summed E-state index contributed by atoms with van der Waals surface area (Å²) in [7, 11) is 0. The second-order valence-corrected chi connectivity index (χ2v) is 8.36. The summed E-state index contributed by atoms with van der Waals surface area (Å²) in [6.07, 6.45) is 4.84. The molecule has 2 aromatic rings. The van der Waals surface area contributed by atoms with Crippen LogP contribution in [-0.2, 0) is 17.6 Å². The van der Waals surface area contributed by atoms with E-state index in [1.807, 2.05) is 6.07 Å². The minimum atomic E-state index is -3.01. The zero-order chi connectivity index (χ0) is 24.1. The third-order valence-electron chi connectivity index (χ3n) is 6.07. The van der Waals surface area contributed by atoms with Gasteiger partial charge in [0.05, 0.1) is 0 Å². The predicted octanol–water partition coefficient (Wildman–Crippen LogP) is 2.97. The van der Waals surface area contributed by atoms with E-state index in [-0.39, 0.29) is 18.5 Å². The molecule has 2 aliphatic heterocycles. The van der Waals surface area contributed by atoms with E-state index < -0.39 is 18.5 Å². The number of aromatic nitrogens is 2. The molecule has 1 saturated heterocycles. The van der Waals surface area contributed by atoms with E-state index in [0.717, 1.165) is 43.7 Å². The smallest absolute Gasteiger partial charge is 0.388 e. The predicted molar refractivity (Wildman–Crippen MR) is 119 cm³/mol. The number of anilines is 1. The summed E-state index contributed by atoms with van der Waals surface area (Å²) in [6.45, 7) is -0.614. The first-order valence-corrected chi connectivity index (χ1v) is 11.3. The summed E-state index contributed by atoms with van der Waals surface area (Å²) in [5, 5.41) is 13.0. The lowest BCUT2D eigenvalue weighted by molar-refractivity contribution is -0.139. The number of fused-ring (bicyclic) bond motifs is 1. The Labute approximate surface area is 195 Å². The first-order chi connectivity index (χ1) is 16.4. The maximum atomic E-state index is 12.8. The fourth-order valence-corrected chi connectivity index (χ4v) is 4.27. The number of alkyl halides is 2. The molecule has 0 saturated carbocycles. The van der Waals surface area contributed by atoms with Crippen LogP contribution in [0.15, 0.2) is 30.5 Å². The molecule has 1 unspecified atom stereocenters. The van der Waals surface area contributed by atoms with Crippen LogP contribution >= 0.6 is 0 Å². The molecule has 182 valence electrons. The summed E-state index contributed by atoms with van der Waals surface area (Å²) in [5.74, 6) is -1.49. The Morgan fingerprint density at radius 3 is 2.76 bits per heavy atom. The normalized spacial score (nSPS) is 16.4. The van der Waals surface area contributed by atoms with E-state index in [9.17, 15) is 23.5 Å². The van der Waals surface area contributed by atoms with Gasteiger partial charge >= 0.3 is 18.6 Å². The third-order valence-corrected chi connectivity index (χ3v) is 6.07. The van der Waals surface area contributed by atoms with Gasteiger partial charge in [-0.15, -0.1) is 0 Å². The van der Waals surface area contributed by atoms with Crippen LogP contribution < -0.4 is 10.1 Å². The SMILES string of the molecule is O=C(O)C(CN1CCN(CCCc2ccc3c(n2)NCCC3)C1=O)c1ccc(OC(F)F)nc1. The van der Waals surface area contributed by atoms with Crippen molar-refractivity contribution >= 4 is 17.8 Å². The van der Waals surface area contributed by atoms with Gasteiger partial charge < -0.3 is 25.0 Å². The molecule has 4 rings (SSSR count). The van der Waals surface area contributed by atoms with Gasteiger partial charge in [-0.2, -0.15) is 8.78 Å². The lowest BCUT2D eigenvalue weighted by atomic mass is 10.0. The van der Waals surface area contributed by atoms with Gasteiger partial charge in [0.25, 0.3) is 0 Å². The van der Waals surface area contributed by atoms with Crippen LogP contribution in [0.1, 0.15) is 35.6 Å². The number of carboxylic acids is 1. The van der Waals surface area contributed by atoms with Gasteiger partial charge in [-0.3, -0.25) is 4.79 Å². The largest absolute Gasteiger partial charge is 0.481 e. The first kappa shape index (κ1) is 23.7. The number of aliphatic carboxylic acids is 1. The minimum Gasteiger partial charge on any atom is -0.481 e. The van der Waals surface area contributed by atoms with Crippen molar-refractivity contribution in [2.75, 3.05) is 38.0 Å². The maximum absolute atomic E-state index is 12.8. The topological polar surface area (TPSA) is 108 Å². The second kappa shape index (κ2) is 10.6.